The van der Waals surface area contributed by atoms with Gasteiger partial charge in [0.15, 0.2) is 0 Å². The maximum absolute atomic E-state index is 14.1. The fourth-order valence-corrected chi connectivity index (χ4v) is 3.95. The average molecular weight is 485 g/mol. The van der Waals surface area contributed by atoms with E-state index in [0.717, 1.165) is 11.1 Å². The zero-order chi connectivity index (χ0) is 24.0. The molecule has 3 aromatic rings. The molecule has 176 valence electrons. The van der Waals surface area contributed by atoms with Gasteiger partial charge in [0.05, 0.1) is 13.2 Å². The lowest BCUT2D eigenvalue weighted by Gasteiger charge is -2.23. The van der Waals surface area contributed by atoms with Crippen LogP contribution >= 0.6 is 8.53 Å². The van der Waals surface area contributed by atoms with Crippen molar-refractivity contribution in [2.75, 3.05) is 6.61 Å². The van der Waals surface area contributed by atoms with Crippen LogP contribution < -0.4 is 14.1 Å². The zero-order valence-corrected chi connectivity index (χ0v) is 18.6. The van der Waals surface area contributed by atoms with Crippen molar-refractivity contribution < 1.29 is 35.7 Å². The average Bonchev–Trinajstić information content (AvgIpc) is 2.81. The van der Waals surface area contributed by atoms with E-state index in [4.69, 9.17) is 13.8 Å². The standard InChI is InChI=1S/C23H21F5NO3P/c1-14-8-6-7-9-16(14)13-30-12-15(2)29-33(31-17-10-4-3-5-11-17)32-23-21(27)19(25)18(24)20(26)22(23)28/h3-11,15,29H,12-13H2,1-2H3. The molecule has 33 heavy (non-hydrogen) atoms. The van der Waals surface area contributed by atoms with Crippen LogP contribution in [0.4, 0.5) is 22.0 Å². The lowest BCUT2D eigenvalue weighted by molar-refractivity contribution is 0.107. The first kappa shape index (κ1) is 24.9. The molecule has 10 heteroatoms. The maximum atomic E-state index is 14.1. The summed E-state index contributed by atoms with van der Waals surface area (Å²) in [6, 6.07) is 15.3. The van der Waals surface area contributed by atoms with Gasteiger partial charge in [-0.05, 0) is 37.1 Å². The van der Waals surface area contributed by atoms with E-state index in [9.17, 15) is 22.0 Å². The van der Waals surface area contributed by atoms with Crippen LogP contribution in [-0.2, 0) is 11.3 Å². The Morgan fingerprint density at radius 3 is 2.00 bits per heavy atom. The minimum Gasteiger partial charge on any atom is -0.427 e. The molecule has 2 unspecified atom stereocenters. The Labute approximate surface area is 189 Å². The van der Waals surface area contributed by atoms with Gasteiger partial charge in [0, 0.05) is 6.04 Å². The van der Waals surface area contributed by atoms with Gasteiger partial charge in [-0.15, -0.1) is 0 Å². The van der Waals surface area contributed by atoms with E-state index in [1.165, 1.54) is 0 Å². The summed E-state index contributed by atoms with van der Waals surface area (Å²) >= 11 is 0. The minimum absolute atomic E-state index is 0.159. The number of hydrogen-bond acceptors (Lipinski definition) is 4. The molecular weight excluding hydrogens is 464 g/mol. The van der Waals surface area contributed by atoms with E-state index in [-0.39, 0.29) is 12.4 Å². The van der Waals surface area contributed by atoms with Crippen LogP contribution in [0.5, 0.6) is 11.5 Å². The first-order valence-corrected chi connectivity index (χ1v) is 11.1. The van der Waals surface area contributed by atoms with Crippen LogP contribution in [0.15, 0.2) is 54.6 Å². The number of benzene rings is 3. The summed E-state index contributed by atoms with van der Waals surface area (Å²) in [5.41, 5.74) is 2.05. The highest BCUT2D eigenvalue weighted by molar-refractivity contribution is 7.45. The molecule has 0 saturated heterocycles. The van der Waals surface area contributed by atoms with Crippen LogP contribution in [0.3, 0.4) is 0 Å². The topological polar surface area (TPSA) is 39.7 Å². The third-order valence-electron chi connectivity index (χ3n) is 4.49. The summed E-state index contributed by atoms with van der Waals surface area (Å²) in [6.45, 7) is 4.13. The van der Waals surface area contributed by atoms with Gasteiger partial charge in [-0.1, -0.05) is 42.5 Å². The van der Waals surface area contributed by atoms with Crippen LogP contribution in [0.1, 0.15) is 18.1 Å². The normalized spacial score (nSPS) is 12.9. The van der Waals surface area contributed by atoms with Crippen LogP contribution in [0, 0.1) is 36.0 Å². The maximum Gasteiger partial charge on any atom is 0.382 e. The van der Waals surface area contributed by atoms with E-state index >= 15 is 0 Å². The highest BCUT2D eigenvalue weighted by atomic mass is 31.2. The summed E-state index contributed by atoms with van der Waals surface area (Å²) in [5.74, 6) is -11.8. The van der Waals surface area contributed by atoms with Crippen LogP contribution in [0.2, 0.25) is 0 Å². The Bertz CT molecular complexity index is 1060. The van der Waals surface area contributed by atoms with Gasteiger partial charge in [0.2, 0.25) is 34.8 Å². The number of nitrogens with one attached hydrogen (secondary N) is 1. The first-order chi connectivity index (χ1) is 15.8. The Morgan fingerprint density at radius 2 is 1.36 bits per heavy atom. The number of hydrogen-bond donors (Lipinski definition) is 1. The second kappa shape index (κ2) is 11.4. The minimum atomic E-state index is -2.36. The van der Waals surface area contributed by atoms with Crippen molar-refractivity contribution in [3.8, 4) is 11.5 Å². The molecule has 0 amide bonds. The fourth-order valence-electron chi connectivity index (χ4n) is 2.73. The molecule has 0 heterocycles. The van der Waals surface area contributed by atoms with Gasteiger partial charge in [-0.3, -0.25) is 0 Å². The highest BCUT2D eigenvalue weighted by Gasteiger charge is 2.30. The van der Waals surface area contributed by atoms with Crippen molar-refractivity contribution in [2.24, 2.45) is 0 Å². The number of aryl methyl sites for hydroxylation is 1. The molecule has 2 atom stereocenters. The largest absolute Gasteiger partial charge is 0.427 e. The lowest BCUT2D eigenvalue weighted by atomic mass is 10.1. The van der Waals surface area contributed by atoms with Crippen molar-refractivity contribution >= 4 is 8.53 Å². The van der Waals surface area contributed by atoms with Gasteiger partial charge in [0.25, 0.3) is 0 Å². The van der Waals surface area contributed by atoms with Crippen molar-refractivity contribution in [3.05, 3.63) is 94.8 Å². The predicted molar refractivity (Wildman–Crippen MR) is 114 cm³/mol. The Morgan fingerprint density at radius 1 is 0.788 bits per heavy atom. The monoisotopic (exact) mass is 485 g/mol. The predicted octanol–water partition coefficient (Wildman–Crippen LogP) is 6.57. The molecule has 0 radical (unpaired) electrons. The third kappa shape index (κ3) is 6.41. The smallest absolute Gasteiger partial charge is 0.382 e. The van der Waals surface area contributed by atoms with E-state index in [0.29, 0.717) is 6.61 Å². The summed E-state index contributed by atoms with van der Waals surface area (Å²) in [7, 11) is -2.36. The molecule has 0 aliphatic rings. The molecule has 3 rings (SSSR count). The molecule has 0 bridgehead atoms. The van der Waals surface area contributed by atoms with Gasteiger partial charge in [0.1, 0.15) is 5.75 Å². The Balaban J connectivity index is 1.73. The molecule has 4 nitrogen and oxygen atoms in total. The van der Waals surface area contributed by atoms with Crippen LogP contribution in [-0.4, -0.2) is 12.6 Å². The van der Waals surface area contributed by atoms with Gasteiger partial charge >= 0.3 is 8.53 Å². The molecule has 3 aromatic carbocycles. The van der Waals surface area contributed by atoms with E-state index in [2.05, 4.69) is 5.09 Å². The van der Waals surface area contributed by atoms with Crippen LogP contribution in [0.25, 0.3) is 0 Å². The van der Waals surface area contributed by atoms with Gasteiger partial charge < -0.3 is 13.8 Å². The number of para-hydroxylation sites is 1. The summed E-state index contributed by atoms with van der Waals surface area (Å²) < 4.78 is 85.2. The molecular formula is C23H21F5NO3P. The van der Waals surface area contributed by atoms with Crippen molar-refractivity contribution in [1.29, 1.82) is 0 Å². The summed E-state index contributed by atoms with van der Waals surface area (Å²) in [5, 5.41) is 2.85. The second-order valence-electron chi connectivity index (χ2n) is 7.12. The summed E-state index contributed by atoms with van der Waals surface area (Å²) in [4.78, 5) is 0. The van der Waals surface area contributed by atoms with Crippen molar-refractivity contribution in [1.82, 2.24) is 5.09 Å². The van der Waals surface area contributed by atoms with Crippen molar-refractivity contribution in [3.63, 3.8) is 0 Å². The van der Waals surface area contributed by atoms with Gasteiger partial charge in [-0.2, -0.15) is 8.78 Å². The molecule has 1 N–H and O–H groups in total. The first-order valence-electron chi connectivity index (χ1n) is 9.89. The molecule has 0 aliphatic heterocycles. The Hall–Kier alpha value is -2.74. The fraction of sp³-hybridized carbons (Fsp3) is 0.217. The number of rotatable bonds is 10. The van der Waals surface area contributed by atoms with Gasteiger partial charge in [-0.25, -0.2) is 18.3 Å². The molecule has 0 aromatic heterocycles. The van der Waals surface area contributed by atoms with E-state index < -0.39 is 49.4 Å². The number of ether oxygens (including phenoxy) is 1. The second-order valence-corrected chi connectivity index (χ2v) is 8.26. The molecule has 0 saturated carbocycles. The highest BCUT2D eigenvalue weighted by Crippen LogP contribution is 2.41. The number of halogens is 5. The summed E-state index contributed by atoms with van der Waals surface area (Å²) in [6.07, 6.45) is 0. The quantitative estimate of drug-likeness (QED) is 0.153. The molecule has 0 fully saturated rings. The zero-order valence-electron chi connectivity index (χ0n) is 17.7. The van der Waals surface area contributed by atoms with E-state index in [1.54, 1.807) is 37.3 Å². The third-order valence-corrected chi connectivity index (χ3v) is 5.86. The molecule has 0 spiro atoms. The molecule has 0 aliphatic carbocycles. The Kier molecular flexibility index (Phi) is 8.61. The lowest BCUT2D eigenvalue weighted by Crippen LogP contribution is -2.29. The SMILES string of the molecule is Cc1ccccc1COCC(C)NP(Oc1ccccc1)Oc1c(F)c(F)c(F)c(F)c1F. The van der Waals surface area contributed by atoms with E-state index in [1.807, 2.05) is 31.2 Å². The van der Waals surface area contributed by atoms with Crippen molar-refractivity contribution in [2.45, 2.75) is 26.5 Å².